The number of ether oxygens (including phenoxy) is 1. The van der Waals surface area contributed by atoms with Crippen LogP contribution in [0.4, 0.5) is 0 Å². The van der Waals surface area contributed by atoms with Gasteiger partial charge in [-0.2, -0.15) is 0 Å². The Morgan fingerprint density at radius 3 is 2.79 bits per heavy atom. The lowest BCUT2D eigenvalue weighted by Crippen LogP contribution is -2.43. The molecule has 3 rings (SSSR count). The monoisotopic (exact) mass is 400 g/mol. The molecule has 0 bridgehead atoms. The van der Waals surface area contributed by atoms with Gasteiger partial charge in [0.1, 0.15) is 17.7 Å². The molecule has 7 nitrogen and oxygen atoms in total. The van der Waals surface area contributed by atoms with Crippen LogP contribution in [-0.4, -0.2) is 46.8 Å². The maximum Gasteiger partial charge on any atom is 0.191 e. The summed E-state index contributed by atoms with van der Waals surface area (Å²) in [7, 11) is 1.75. The number of para-hydroxylation sites is 1. The minimum absolute atomic E-state index is 0.0149. The molecular weight excluding hydrogens is 376 g/mol. The molecule has 3 aromatic rings. The molecule has 0 fully saturated rings. The molecule has 2 aromatic heterocycles. The maximum atomic E-state index is 6.18. The lowest BCUT2D eigenvalue weighted by atomic mass is 10.2. The number of nitrogens with zero attached hydrogens (tertiary/aromatic N) is 4. The van der Waals surface area contributed by atoms with Crippen molar-refractivity contribution in [3.05, 3.63) is 59.5 Å². The topological polar surface area (TPSA) is 75.8 Å². The molecule has 28 heavy (non-hydrogen) atoms. The SMILES string of the molecule is CCC(CNC(=NC)NCCc1nnc2ccccn12)Oc1ccccc1Cl. The van der Waals surface area contributed by atoms with Crippen molar-refractivity contribution >= 4 is 23.2 Å². The van der Waals surface area contributed by atoms with Crippen LogP contribution in [0.5, 0.6) is 5.75 Å². The first-order valence-corrected chi connectivity index (χ1v) is 9.73. The summed E-state index contributed by atoms with van der Waals surface area (Å²) in [6, 6.07) is 13.4. The lowest BCUT2D eigenvalue weighted by molar-refractivity contribution is 0.199. The van der Waals surface area contributed by atoms with Crippen molar-refractivity contribution in [3.63, 3.8) is 0 Å². The van der Waals surface area contributed by atoms with E-state index in [1.807, 2.05) is 53.1 Å². The van der Waals surface area contributed by atoms with Crippen molar-refractivity contribution < 1.29 is 4.74 Å². The first kappa shape index (κ1) is 19.9. The van der Waals surface area contributed by atoms with E-state index >= 15 is 0 Å². The van der Waals surface area contributed by atoms with Crippen LogP contribution in [0.2, 0.25) is 5.02 Å². The standard InChI is InChI=1S/C20H25ClN6O/c1-3-15(28-17-9-5-4-8-16(17)21)14-24-20(22-2)23-12-11-19-26-25-18-10-6-7-13-27(18)19/h4-10,13,15H,3,11-12,14H2,1-2H3,(H2,22,23,24). The second-order valence-electron chi connectivity index (χ2n) is 6.25. The van der Waals surface area contributed by atoms with Gasteiger partial charge in [-0.25, -0.2) is 0 Å². The summed E-state index contributed by atoms with van der Waals surface area (Å²) in [6.45, 7) is 3.39. The Hall–Kier alpha value is -2.80. The van der Waals surface area contributed by atoms with Crippen LogP contribution in [0.3, 0.4) is 0 Å². The largest absolute Gasteiger partial charge is 0.487 e. The Bertz CT molecular complexity index is 926. The van der Waals surface area contributed by atoms with Gasteiger partial charge in [0, 0.05) is 26.2 Å². The smallest absolute Gasteiger partial charge is 0.191 e. The summed E-state index contributed by atoms with van der Waals surface area (Å²) >= 11 is 6.18. The van der Waals surface area contributed by atoms with E-state index in [9.17, 15) is 0 Å². The highest BCUT2D eigenvalue weighted by atomic mass is 35.5. The Kier molecular flexibility index (Phi) is 7.08. The number of hydrogen-bond donors (Lipinski definition) is 2. The molecule has 2 N–H and O–H groups in total. The molecule has 0 amide bonds. The Balaban J connectivity index is 1.48. The number of pyridine rings is 1. The molecule has 1 atom stereocenters. The van der Waals surface area contributed by atoms with E-state index in [-0.39, 0.29) is 6.10 Å². The Morgan fingerprint density at radius 1 is 1.18 bits per heavy atom. The number of halogens is 1. The molecule has 0 spiro atoms. The van der Waals surface area contributed by atoms with Crippen molar-refractivity contribution in [2.24, 2.45) is 4.99 Å². The van der Waals surface area contributed by atoms with Crippen LogP contribution in [-0.2, 0) is 6.42 Å². The lowest BCUT2D eigenvalue weighted by Gasteiger charge is -2.20. The van der Waals surface area contributed by atoms with Gasteiger partial charge in [-0.1, -0.05) is 36.7 Å². The first-order valence-electron chi connectivity index (χ1n) is 9.35. The van der Waals surface area contributed by atoms with E-state index in [4.69, 9.17) is 16.3 Å². The van der Waals surface area contributed by atoms with Crippen molar-refractivity contribution in [1.82, 2.24) is 25.2 Å². The van der Waals surface area contributed by atoms with Crippen molar-refractivity contribution in [2.45, 2.75) is 25.9 Å². The third-order valence-electron chi connectivity index (χ3n) is 4.33. The fraction of sp³-hybridized carbons (Fsp3) is 0.350. The maximum absolute atomic E-state index is 6.18. The van der Waals surface area contributed by atoms with Crippen LogP contribution in [0.25, 0.3) is 5.65 Å². The van der Waals surface area contributed by atoms with E-state index in [2.05, 4.69) is 32.7 Å². The number of hydrogen-bond acceptors (Lipinski definition) is 4. The summed E-state index contributed by atoms with van der Waals surface area (Å²) in [6.07, 6.45) is 3.54. The normalized spacial score (nSPS) is 12.8. The molecule has 1 unspecified atom stereocenters. The highest BCUT2D eigenvalue weighted by molar-refractivity contribution is 6.32. The quantitative estimate of drug-likeness (QED) is 0.449. The predicted octanol–water partition coefficient (Wildman–Crippen LogP) is 2.95. The average Bonchev–Trinajstić information content (AvgIpc) is 3.14. The van der Waals surface area contributed by atoms with Gasteiger partial charge in [0.25, 0.3) is 0 Å². The van der Waals surface area contributed by atoms with Gasteiger partial charge >= 0.3 is 0 Å². The van der Waals surface area contributed by atoms with E-state index in [1.54, 1.807) is 7.05 Å². The molecule has 0 saturated heterocycles. The zero-order valence-electron chi connectivity index (χ0n) is 16.1. The molecule has 8 heteroatoms. The molecule has 1 aromatic carbocycles. The number of benzene rings is 1. The highest BCUT2D eigenvalue weighted by Gasteiger charge is 2.11. The Labute approximate surface area is 169 Å². The summed E-state index contributed by atoms with van der Waals surface area (Å²) in [4.78, 5) is 4.27. The molecular formula is C20H25ClN6O. The van der Waals surface area contributed by atoms with E-state index in [1.165, 1.54) is 0 Å². The zero-order valence-corrected chi connectivity index (χ0v) is 16.9. The van der Waals surface area contributed by atoms with E-state index in [0.29, 0.717) is 23.9 Å². The summed E-state index contributed by atoms with van der Waals surface area (Å²) < 4.78 is 7.99. The number of fused-ring (bicyclic) bond motifs is 1. The summed E-state index contributed by atoms with van der Waals surface area (Å²) in [5.41, 5.74) is 0.850. The van der Waals surface area contributed by atoms with E-state index < -0.39 is 0 Å². The number of rotatable bonds is 8. The minimum atomic E-state index is -0.0149. The van der Waals surface area contributed by atoms with Gasteiger partial charge in [0.05, 0.1) is 11.6 Å². The van der Waals surface area contributed by atoms with Crippen molar-refractivity contribution in [2.75, 3.05) is 20.1 Å². The molecule has 0 radical (unpaired) electrons. The van der Waals surface area contributed by atoms with E-state index in [0.717, 1.165) is 30.3 Å². The van der Waals surface area contributed by atoms with Crippen molar-refractivity contribution in [1.29, 1.82) is 0 Å². The van der Waals surface area contributed by atoms with Crippen LogP contribution in [0, 0.1) is 0 Å². The Morgan fingerprint density at radius 2 is 2.00 bits per heavy atom. The molecule has 0 aliphatic rings. The predicted molar refractivity (Wildman–Crippen MR) is 112 cm³/mol. The molecule has 0 aliphatic carbocycles. The summed E-state index contributed by atoms with van der Waals surface area (Å²) in [5, 5.41) is 15.6. The van der Waals surface area contributed by atoms with Gasteiger partial charge in [-0.05, 0) is 30.7 Å². The fourth-order valence-corrected chi connectivity index (χ4v) is 2.95. The molecule has 148 valence electrons. The highest BCUT2D eigenvalue weighted by Crippen LogP contribution is 2.24. The van der Waals surface area contributed by atoms with Gasteiger partial charge in [-0.3, -0.25) is 9.39 Å². The van der Waals surface area contributed by atoms with Crippen LogP contribution >= 0.6 is 11.6 Å². The number of guanidine groups is 1. The van der Waals surface area contributed by atoms with Crippen LogP contribution < -0.4 is 15.4 Å². The first-order chi connectivity index (χ1) is 13.7. The molecule has 0 saturated carbocycles. The van der Waals surface area contributed by atoms with Crippen LogP contribution in [0.15, 0.2) is 53.7 Å². The van der Waals surface area contributed by atoms with Gasteiger partial charge in [0.2, 0.25) is 0 Å². The average molecular weight is 401 g/mol. The van der Waals surface area contributed by atoms with Crippen LogP contribution in [0.1, 0.15) is 19.2 Å². The number of aromatic nitrogens is 3. The third-order valence-corrected chi connectivity index (χ3v) is 4.64. The van der Waals surface area contributed by atoms with Gasteiger partial charge in [-0.15, -0.1) is 10.2 Å². The fourth-order valence-electron chi connectivity index (χ4n) is 2.77. The number of nitrogens with one attached hydrogen (secondary N) is 2. The zero-order chi connectivity index (χ0) is 19.8. The van der Waals surface area contributed by atoms with Crippen molar-refractivity contribution in [3.8, 4) is 5.75 Å². The molecule has 0 aliphatic heterocycles. The summed E-state index contributed by atoms with van der Waals surface area (Å²) in [5.74, 6) is 2.32. The second kappa shape index (κ2) is 9.94. The van der Waals surface area contributed by atoms with Gasteiger partial charge < -0.3 is 15.4 Å². The third kappa shape index (κ3) is 5.13. The second-order valence-corrected chi connectivity index (χ2v) is 6.66. The molecule has 2 heterocycles. The van der Waals surface area contributed by atoms with Gasteiger partial charge in [0.15, 0.2) is 11.6 Å². The minimum Gasteiger partial charge on any atom is -0.487 e. The number of aliphatic imine (C=N–C) groups is 1.